The topological polar surface area (TPSA) is 24.1 Å². The highest BCUT2D eigenvalue weighted by molar-refractivity contribution is 5.31. The van der Waals surface area contributed by atoms with E-state index in [9.17, 15) is 0 Å². The zero-order valence-electron chi connectivity index (χ0n) is 13.7. The normalized spacial score (nSPS) is 27.5. The lowest BCUT2D eigenvalue weighted by atomic mass is 9.90. The molecule has 2 N–H and O–H groups in total. The number of fused-ring (bicyclic) bond motifs is 2. The first-order valence-electron chi connectivity index (χ1n) is 7.87. The second-order valence-electron chi connectivity index (χ2n) is 8.46. The standard InChI is InChI=1S/C17H32N2/c1-16(2,3)18-10-14-12-7-8-13(9-12)15(14)11-19-17(4,5)6/h12-13,18-19H,7-11H2,1-6H3/t12-,13-/m1/s1. The van der Waals surface area contributed by atoms with Crippen molar-refractivity contribution in [2.45, 2.75) is 71.9 Å². The first-order chi connectivity index (χ1) is 8.66. The summed E-state index contributed by atoms with van der Waals surface area (Å²) in [5.41, 5.74) is 3.89. The van der Waals surface area contributed by atoms with Gasteiger partial charge < -0.3 is 10.6 Å². The SMILES string of the molecule is CC(C)(C)NCC1=C(CNC(C)(C)C)[C@@H]2CC[C@@H]1C2. The zero-order chi connectivity index (χ0) is 14.3. The molecule has 2 atom stereocenters. The van der Waals surface area contributed by atoms with Gasteiger partial charge in [-0.2, -0.15) is 0 Å². The summed E-state index contributed by atoms with van der Waals surface area (Å²) >= 11 is 0. The summed E-state index contributed by atoms with van der Waals surface area (Å²) < 4.78 is 0. The molecule has 1 fully saturated rings. The summed E-state index contributed by atoms with van der Waals surface area (Å²) in [6.07, 6.45) is 4.26. The second kappa shape index (κ2) is 5.21. The van der Waals surface area contributed by atoms with Crippen LogP contribution in [0.5, 0.6) is 0 Å². The van der Waals surface area contributed by atoms with Gasteiger partial charge in [0.2, 0.25) is 0 Å². The van der Waals surface area contributed by atoms with Gasteiger partial charge in [-0.05, 0) is 72.6 Å². The zero-order valence-corrected chi connectivity index (χ0v) is 13.7. The Morgan fingerprint density at radius 1 is 0.789 bits per heavy atom. The Morgan fingerprint density at radius 2 is 1.16 bits per heavy atom. The molecular formula is C17H32N2. The number of rotatable bonds is 4. The van der Waals surface area contributed by atoms with Gasteiger partial charge in [-0.25, -0.2) is 0 Å². The van der Waals surface area contributed by atoms with Crippen molar-refractivity contribution >= 4 is 0 Å². The van der Waals surface area contributed by atoms with Crippen molar-refractivity contribution in [2.75, 3.05) is 13.1 Å². The molecule has 0 aromatic heterocycles. The van der Waals surface area contributed by atoms with Gasteiger partial charge >= 0.3 is 0 Å². The van der Waals surface area contributed by atoms with Gasteiger partial charge in [0.05, 0.1) is 0 Å². The second-order valence-corrected chi connectivity index (χ2v) is 8.46. The fraction of sp³-hybridized carbons (Fsp3) is 0.882. The minimum absolute atomic E-state index is 0.220. The van der Waals surface area contributed by atoms with Crippen LogP contribution in [-0.4, -0.2) is 24.2 Å². The summed E-state index contributed by atoms with van der Waals surface area (Å²) in [6, 6.07) is 0. The summed E-state index contributed by atoms with van der Waals surface area (Å²) in [7, 11) is 0. The Morgan fingerprint density at radius 3 is 1.47 bits per heavy atom. The van der Waals surface area contributed by atoms with Crippen molar-refractivity contribution < 1.29 is 0 Å². The molecule has 0 aromatic carbocycles. The molecule has 0 spiro atoms. The monoisotopic (exact) mass is 264 g/mol. The Bertz CT molecular complexity index is 320. The maximum Gasteiger partial charge on any atom is 0.0175 e. The summed E-state index contributed by atoms with van der Waals surface area (Å²) in [5.74, 6) is 1.74. The lowest BCUT2D eigenvalue weighted by Gasteiger charge is -2.28. The number of hydrogen-bond acceptors (Lipinski definition) is 2. The maximum absolute atomic E-state index is 3.69. The van der Waals surface area contributed by atoms with Crippen LogP contribution in [0.1, 0.15) is 60.8 Å². The minimum atomic E-state index is 0.220. The smallest absolute Gasteiger partial charge is 0.0175 e. The van der Waals surface area contributed by atoms with Gasteiger partial charge in [-0.15, -0.1) is 0 Å². The highest BCUT2D eigenvalue weighted by Crippen LogP contribution is 2.48. The van der Waals surface area contributed by atoms with Crippen molar-refractivity contribution in [1.29, 1.82) is 0 Å². The molecule has 2 heteroatoms. The number of hydrogen-bond donors (Lipinski definition) is 2. The van der Waals surface area contributed by atoms with Crippen LogP contribution in [0.2, 0.25) is 0 Å². The molecule has 2 bridgehead atoms. The predicted octanol–water partition coefficient (Wildman–Crippen LogP) is 3.49. The molecule has 1 saturated carbocycles. The molecule has 19 heavy (non-hydrogen) atoms. The van der Waals surface area contributed by atoms with Crippen LogP contribution >= 0.6 is 0 Å². The van der Waals surface area contributed by atoms with Crippen molar-refractivity contribution in [3.05, 3.63) is 11.1 Å². The molecule has 0 radical (unpaired) electrons. The van der Waals surface area contributed by atoms with Crippen LogP contribution in [0, 0.1) is 11.8 Å². The fourth-order valence-corrected chi connectivity index (χ4v) is 3.38. The van der Waals surface area contributed by atoms with Crippen LogP contribution in [0.3, 0.4) is 0 Å². The predicted molar refractivity (Wildman–Crippen MR) is 83.4 cm³/mol. The van der Waals surface area contributed by atoms with E-state index in [4.69, 9.17) is 0 Å². The average molecular weight is 264 g/mol. The molecular weight excluding hydrogens is 232 g/mol. The Hall–Kier alpha value is -0.340. The largest absolute Gasteiger partial charge is 0.308 e. The maximum atomic E-state index is 3.69. The average Bonchev–Trinajstić information content (AvgIpc) is 2.81. The van der Waals surface area contributed by atoms with E-state index in [0.717, 1.165) is 24.9 Å². The van der Waals surface area contributed by atoms with E-state index in [0.29, 0.717) is 0 Å². The third-order valence-electron chi connectivity index (χ3n) is 4.45. The van der Waals surface area contributed by atoms with E-state index in [2.05, 4.69) is 52.2 Å². The quantitative estimate of drug-likeness (QED) is 0.760. The van der Waals surface area contributed by atoms with E-state index in [1.165, 1.54) is 19.3 Å². The lowest BCUT2D eigenvalue weighted by molar-refractivity contribution is 0.421. The molecule has 2 aliphatic rings. The van der Waals surface area contributed by atoms with Gasteiger partial charge in [-0.3, -0.25) is 0 Å². The third kappa shape index (κ3) is 4.06. The van der Waals surface area contributed by atoms with Crippen LogP contribution < -0.4 is 10.6 Å². The minimum Gasteiger partial charge on any atom is -0.308 e. The van der Waals surface area contributed by atoms with E-state index < -0.39 is 0 Å². The Balaban J connectivity index is 2.03. The van der Waals surface area contributed by atoms with Gasteiger partial charge in [0, 0.05) is 24.2 Å². The van der Waals surface area contributed by atoms with Gasteiger partial charge in [0.1, 0.15) is 0 Å². The Kier molecular flexibility index (Phi) is 4.13. The molecule has 0 unspecified atom stereocenters. The van der Waals surface area contributed by atoms with Crippen LogP contribution in [0.15, 0.2) is 11.1 Å². The molecule has 0 aliphatic heterocycles. The summed E-state index contributed by atoms with van der Waals surface area (Å²) in [6.45, 7) is 15.7. The van der Waals surface area contributed by atoms with Gasteiger partial charge in [0.15, 0.2) is 0 Å². The first-order valence-corrected chi connectivity index (χ1v) is 7.87. The van der Waals surface area contributed by atoms with E-state index in [-0.39, 0.29) is 11.1 Å². The van der Waals surface area contributed by atoms with Crippen molar-refractivity contribution in [2.24, 2.45) is 11.8 Å². The molecule has 2 rings (SSSR count). The summed E-state index contributed by atoms with van der Waals surface area (Å²) in [5, 5.41) is 7.38. The Labute approximate surface area is 119 Å². The highest BCUT2D eigenvalue weighted by Gasteiger charge is 2.38. The molecule has 110 valence electrons. The molecule has 0 amide bonds. The van der Waals surface area contributed by atoms with E-state index in [1.807, 2.05) is 0 Å². The first kappa shape index (κ1) is 15.1. The molecule has 0 heterocycles. The number of nitrogens with one attached hydrogen (secondary N) is 2. The van der Waals surface area contributed by atoms with Crippen LogP contribution in [0.25, 0.3) is 0 Å². The van der Waals surface area contributed by atoms with E-state index in [1.54, 1.807) is 11.1 Å². The molecule has 0 saturated heterocycles. The fourth-order valence-electron chi connectivity index (χ4n) is 3.38. The molecule has 2 nitrogen and oxygen atoms in total. The van der Waals surface area contributed by atoms with Crippen LogP contribution in [0.4, 0.5) is 0 Å². The third-order valence-corrected chi connectivity index (χ3v) is 4.45. The van der Waals surface area contributed by atoms with Gasteiger partial charge in [-0.1, -0.05) is 11.1 Å². The van der Waals surface area contributed by atoms with E-state index >= 15 is 0 Å². The van der Waals surface area contributed by atoms with Gasteiger partial charge in [0.25, 0.3) is 0 Å². The van der Waals surface area contributed by atoms with Crippen molar-refractivity contribution in [3.8, 4) is 0 Å². The summed E-state index contributed by atoms with van der Waals surface area (Å²) in [4.78, 5) is 0. The molecule has 2 aliphatic carbocycles. The van der Waals surface area contributed by atoms with Crippen molar-refractivity contribution in [3.63, 3.8) is 0 Å². The van der Waals surface area contributed by atoms with Crippen LogP contribution in [-0.2, 0) is 0 Å². The lowest BCUT2D eigenvalue weighted by Crippen LogP contribution is -2.40. The molecule has 0 aromatic rings. The van der Waals surface area contributed by atoms with Crippen molar-refractivity contribution in [1.82, 2.24) is 10.6 Å². The highest BCUT2D eigenvalue weighted by atomic mass is 15.0.